The molecule has 0 N–H and O–H groups in total. The Morgan fingerprint density at radius 2 is 2.06 bits per heavy atom. The van der Waals surface area contributed by atoms with Gasteiger partial charge in [-0.3, -0.25) is 4.79 Å². The van der Waals surface area contributed by atoms with E-state index in [1.807, 2.05) is 31.2 Å². The van der Waals surface area contributed by atoms with E-state index in [9.17, 15) is 9.59 Å². The number of Topliss-reactive ketones (excluding diaryl/α,β-unsaturated/α-hetero) is 1. The standard InChI is InChI=1S/C15H18O3/c1-2-18-14-5-3-4-12(10-14)15(11-16)8-6-13(17)7-9-15/h3-5,10-11H,2,6-9H2,1H3. The number of carbonyl (C=O) groups is 2. The highest BCUT2D eigenvalue weighted by Gasteiger charge is 2.36. The van der Waals surface area contributed by atoms with Crippen molar-refractivity contribution < 1.29 is 14.3 Å². The van der Waals surface area contributed by atoms with Crippen molar-refractivity contribution in [2.75, 3.05) is 6.61 Å². The molecule has 0 amide bonds. The van der Waals surface area contributed by atoms with Gasteiger partial charge in [-0.1, -0.05) is 12.1 Å². The van der Waals surface area contributed by atoms with Crippen LogP contribution in [-0.4, -0.2) is 18.7 Å². The summed E-state index contributed by atoms with van der Waals surface area (Å²) in [7, 11) is 0. The lowest BCUT2D eigenvalue weighted by atomic mass is 9.70. The fraction of sp³-hybridized carbons (Fsp3) is 0.467. The third kappa shape index (κ3) is 2.45. The van der Waals surface area contributed by atoms with Crippen LogP contribution in [0.3, 0.4) is 0 Å². The monoisotopic (exact) mass is 246 g/mol. The molecule has 1 aliphatic rings. The molecule has 18 heavy (non-hydrogen) atoms. The van der Waals surface area contributed by atoms with Gasteiger partial charge in [0.25, 0.3) is 0 Å². The molecule has 3 heteroatoms. The van der Waals surface area contributed by atoms with Gasteiger partial charge in [-0.25, -0.2) is 0 Å². The van der Waals surface area contributed by atoms with Crippen molar-refractivity contribution in [2.24, 2.45) is 0 Å². The highest BCUT2D eigenvalue weighted by atomic mass is 16.5. The number of hydrogen-bond donors (Lipinski definition) is 0. The van der Waals surface area contributed by atoms with Gasteiger partial charge in [0.1, 0.15) is 17.8 Å². The van der Waals surface area contributed by atoms with Crippen LogP contribution in [0.2, 0.25) is 0 Å². The molecule has 0 unspecified atom stereocenters. The van der Waals surface area contributed by atoms with E-state index in [2.05, 4.69) is 0 Å². The summed E-state index contributed by atoms with van der Waals surface area (Å²) in [6, 6.07) is 7.67. The minimum atomic E-state index is -0.499. The molecular weight excluding hydrogens is 228 g/mol. The van der Waals surface area contributed by atoms with Gasteiger partial charge < -0.3 is 9.53 Å². The summed E-state index contributed by atoms with van der Waals surface area (Å²) in [5.74, 6) is 1.04. The van der Waals surface area contributed by atoms with Gasteiger partial charge in [0.15, 0.2) is 0 Å². The number of aldehydes is 1. The predicted octanol–water partition coefficient (Wildman–Crippen LogP) is 2.67. The van der Waals surface area contributed by atoms with Crippen molar-refractivity contribution in [3.63, 3.8) is 0 Å². The van der Waals surface area contributed by atoms with E-state index >= 15 is 0 Å². The van der Waals surface area contributed by atoms with Crippen molar-refractivity contribution in [2.45, 2.75) is 38.0 Å². The Morgan fingerprint density at radius 3 is 2.67 bits per heavy atom. The van der Waals surface area contributed by atoms with Crippen LogP contribution >= 0.6 is 0 Å². The minimum absolute atomic E-state index is 0.258. The van der Waals surface area contributed by atoms with Gasteiger partial charge in [0.05, 0.1) is 12.0 Å². The quantitative estimate of drug-likeness (QED) is 0.767. The Morgan fingerprint density at radius 1 is 1.33 bits per heavy atom. The number of carbonyl (C=O) groups excluding carboxylic acids is 2. The lowest BCUT2D eigenvalue weighted by molar-refractivity contribution is -0.123. The second kappa shape index (κ2) is 5.34. The van der Waals surface area contributed by atoms with Crippen LogP contribution in [0.4, 0.5) is 0 Å². The highest BCUT2D eigenvalue weighted by Crippen LogP contribution is 2.37. The van der Waals surface area contributed by atoms with Crippen LogP contribution in [0, 0.1) is 0 Å². The zero-order chi connectivity index (χ0) is 13.0. The largest absolute Gasteiger partial charge is 0.494 e. The van der Waals surface area contributed by atoms with E-state index in [-0.39, 0.29) is 5.78 Å². The molecule has 0 bridgehead atoms. The fourth-order valence-electron chi connectivity index (χ4n) is 2.51. The lowest BCUT2D eigenvalue weighted by Crippen LogP contribution is -2.33. The number of benzene rings is 1. The molecule has 3 nitrogen and oxygen atoms in total. The zero-order valence-electron chi connectivity index (χ0n) is 10.6. The number of hydrogen-bond acceptors (Lipinski definition) is 3. The average molecular weight is 246 g/mol. The molecule has 0 heterocycles. The van der Waals surface area contributed by atoms with Crippen LogP contribution in [0.1, 0.15) is 38.2 Å². The summed E-state index contributed by atoms with van der Waals surface area (Å²) in [4.78, 5) is 22.8. The first kappa shape index (κ1) is 12.8. The van der Waals surface area contributed by atoms with Gasteiger partial charge in [-0.15, -0.1) is 0 Å². The molecule has 0 aromatic heterocycles. The summed E-state index contributed by atoms with van der Waals surface area (Å²) < 4.78 is 5.47. The third-order valence-electron chi connectivity index (χ3n) is 3.65. The van der Waals surface area contributed by atoms with Crippen molar-refractivity contribution in [1.29, 1.82) is 0 Å². The first-order valence-corrected chi connectivity index (χ1v) is 6.41. The summed E-state index contributed by atoms with van der Waals surface area (Å²) in [5, 5.41) is 0. The van der Waals surface area contributed by atoms with Gasteiger partial charge in [0.2, 0.25) is 0 Å². The maximum absolute atomic E-state index is 11.5. The average Bonchev–Trinajstić information content (AvgIpc) is 2.41. The molecule has 0 spiro atoms. The van der Waals surface area contributed by atoms with Crippen LogP contribution in [-0.2, 0) is 15.0 Å². The molecule has 1 aromatic carbocycles. The van der Waals surface area contributed by atoms with Crippen molar-refractivity contribution in [3.05, 3.63) is 29.8 Å². The van der Waals surface area contributed by atoms with Crippen LogP contribution in [0.15, 0.2) is 24.3 Å². The SMILES string of the molecule is CCOc1cccc(C2(C=O)CCC(=O)CC2)c1. The molecule has 1 aliphatic carbocycles. The first-order chi connectivity index (χ1) is 8.70. The number of ketones is 1. The van der Waals surface area contributed by atoms with Gasteiger partial charge in [-0.2, -0.15) is 0 Å². The van der Waals surface area contributed by atoms with Crippen molar-refractivity contribution in [1.82, 2.24) is 0 Å². The number of ether oxygens (including phenoxy) is 1. The normalized spacial score (nSPS) is 18.4. The smallest absolute Gasteiger partial charge is 0.133 e. The maximum atomic E-state index is 11.5. The Hall–Kier alpha value is -1.64. The second-order valence-corrected chi connectivity index (χ2v) is 4.77. The topological polar surface area (TPSA) is 43.4 Å². The van der Waals surface area contributed by atoms with E-state index < -0.39 is 5.41 Å². The number of rotatable bonds is 4. The molecule has 0 saturated heterocycles. The zero-order valence-corrected chi connectivity index (χ0v) is 10.6. The molecule has 1 saturated carbocycles. The molecule has 0 radical (unpaired) electrons. The molecule has 2 rings (SSSR count). The Balaban J connectivity index is 2.29. The minimum Gasteiger partial charge on any atom is -0.494 e. The third-order valence-corrected chi connectivity index (χ3v) is 3.65. The van der Waals surface area contributed by atoms with E-state index in [0.29, 0.717) is 32.3 Å². The van der Waals surface area contributed by atoms with Crippen LogP contribution in [0.5, 0.6) is 5.75 Å². The summed E-state index contributed by atoms with van der Waals surface area (Å²) >= 11 is 0. The van der Waals surface area contributed by atoms with Crippen LogP contribution in [0.25, 0.3) is 0 Å². The lowest BCUT2D eigenvalue weighted by Gasteiger charge is -2.32. The Labute approximate surface area is 107 Å². The molecule has 1 fully saturated rings. The van der Waals surface area contributed by atoms with E-state index in [4.69, 9.17) is 4.74 Å². The Kier molecular flexibility index (Phi) is 3.80. The van der Waals surface area contributed by atoms with Gasteiger partial charge >= 0.3 is 0 Å². The van der Waals surface area contributed by atoms with Crippen molar-refractivity contribution in [3.8, 4) is 5.75 Å². The van der Waals surface area contributed by atoms with E-state index in [1.165, 1.54) is 0 Å². The van der Waals surface area contributed by atoms with Crippen molar-refractivity contribution >= 4 is 12.1 Å². The summed E-state index contributed by atoms with van der Waals surface area (Å²) in [6.07, 6.45) is 3.23. The second-order valence-electron chi connectivity index (χ2n) is 4.77. The van der Waals surface area contributed by atoms with E-state index in [0.717, 1.165) is 17.6 Å². The van der Waals surface area contributed by atoms with Gasteiger partial charge in [0, 0.05) is 12.8 Å². The summed E-state index contributed by atoms with van der Waals surface area (Å²) in [6.45, 7) is 2.54. The molecule has 1 aromatic rings. The van der Waals surface area contributed by atoms with E-state index in [1.54, 1.807) is 0 Å². The highest BCUT2D eigenvalue weighted by molar-refractivity contribution is 5.83. The maximum Gasteiger partial charge on any atom is 0.133 e. The Bertz CT molecular complexity index is 441. The fourth-order valence-corrected chi connectivity index (χ4v) is 2.51. The molecular formula is C15H18O3. The summed E-state index contributed by atoms with van der Waals surface area (Å²) in [5.41, 5.74) is 0.469. The molecule has 0 aliphatic heterocycles. The first-order valence-electron chi connectivity index (χ1n) is 6.41. The predicted molar refractivity (Wildman–Crippen MR) is 68.8 cm³/mol. The van der Waals surface area contributed by atoms with Gasteiger partial charge in [-0.05, 0) is 37.5 Å². The van der Waals surface area contributed by atoms with Crippen LogP contribution < -0.4 is 4.74 Å². The molecule has 0 atom stereocenters. The molecule has 96 valence electrons.